The van der Waals surface area contributed by atoms with Crippen molar-refractivity contribution in [1.82, 2.24) is 0 Å². The molecule has 0 aliphatic carbocycles. The number of fused-ring (bicyclic) bond motifs is 2. The van der Waals surface area contributed by atoms with E-state index >= 15 is 0 Å². The monoisotopic (exact) mass is 401 g/mol. The third-order valence-corrected chi connectivity index (χ3v) is 5.43. The van der Waals surface area contributed by atoms with E-state index in [1.54, 1.807) is 24.8 Å². The maximum Gasteiger partial charge on any atom is 0.224 e. The van der Waals surface area contributed by atoms with Gasteiger partial charge in [0.15, 0.2) is 5.78 Å². The number of ketones is 1. The van der Waals surface area contributed by atoms with Crippen molar-refractivity contribution in [2.75, 3.05) is 4.90 Å². The number of carbonyl (C=O) groups excluding carboxylic acids is 2. The molecule has 1 aliphatic heterocycles. The predicted molar refractivity (Wildman–Crippen MR) is 119 cm³/mol. The summed E-state index contributed by atoms with van der Waals surface area (Å²) in [4.78, 5) is 26.3. The minimum atomic E-state index is -0.0376. The summed E-state index contributed by atoms with van der Waals surface area (Å²) in [5.74, 6) is -0.00670. The number of benzene rings is 3. The molecule has 29 heavy (non-hydrogen) atoms. The summed E-state index contributed by atoms with van der Waals surface area (Å²) in [6.45, 7) is 3.59. The summed E-state index contributed by atoms with van der Waals surface area (Å²) in [7, 11) is 0. The van der Waals surface area contributed by atoms with Crippen molar-refractivity contribution in [3.05, 3.63) is 87.9 Å². The molecule has 1 heterocycles. The van der Waals surface area contributed by atoms with E-state index in [1.165, 1.54) is 0 Å². The van der Waals surface area contributed by atoms with Gasteiger partial charge in [-0.05, 0) is 59.0 Å². The van der Waals surface area contributed by atoms with Gasteiger partial charge in [0.25, 0.3) is 0 Å². The Morgan fingerprint density at radius 2 is 1.66 bits per heavy atom. The third-order valence-electron chi connectivity index (χ3n) is 5.19. The van der Waals surface area contributed by atoms with Crippen molar-refractivity contribution in [3.63, 3.8) is 0 Å². The lowest BCUT2D eigenvalue weighted by Crippen LogP contribution is -2.29. The maximum atomic E-state index is 12.4. The average molecular weight is 402 g/mol. The first kappa shape index (κ1) is 19.2. The Balaban J connectivity index is 1.86. The Morgan fingerprint density at radius 1 is 0.897 bits per heavy atom. The van der Waals surface area contributed by atoms with Gasteiger partial charge in [0.2, 0.25) is 5.91 Å². The van der Waals surface area contributed by atoms with Crippen molar-refractivity contribution in [3.8, 4) is 11.1 Å². The first-order valence-electron chi connectivity index (χ1n) is 9.43. The van der Waals surface area contributed by atoms with Crippen LogP contribution >= 0.6 is 11.6 Å². The second-order valence-electron chi connectivity index (χ2n) is 7.16. The van der Waals surface area contributed by atoms with Crippen LogP contribution in [0.5, 0.6) is 0 Å². The molecule has 0 aromatic heterocycles. The number of carbonyl (C=O) groups is 2. The highest BCUT2D eigenvalue weighted by Crippen LogP contribution is 2.33. The zero-order chi connectivity index (χ0) is 20.5. The van der Waals surface area contributed by atoms with Gasteiger partial charge >= 0.3 is 0 Å². The maximum absolute atomic E-state index is 12.4. The Hall–Kier alpha value is -3.17. The quantitative estimate of drug-likeness (QED) is 0.476. The Kier molecular flexibility index (Phi) is 5.08. The van der Waals surface area contributed by atoms with Crippen molar-refractivity contribution in [1.29, 1.82) is 0 Å². The summed E-state index contributed by atoms with van der Waals surface area (Å²) in [6, 6.07) is 19.3. The van der Waals surface area contributed by atoms with Crippen LogP contribution in [0.1, 0.15) is 40.9 Å². The molecule has 0 radical (unpaired) electrons. The van der Waals surface area contributed by atoms with Crippen LogP contribution in [-0.4, -0.2) is 11.7 Å². The molecule has 0 N–H and O–H groups in total. The topological polar surface area (TPSA) is 37.4 Å². The molecule has 0 saturated heterocycles. The molecule has 1 aliphatic rings. The molecule has 0 bridgehead atoms. The highest BCUT2D eigenvalue weighted by molar-refractivity contribution is 6.30. The van der Waals surface area contributed by atoms with Gasteiger partial charge in [-0.3, -0.25) is 9.59 Å². The van der Waals surface area contributed by atoms with E-state index in [9.17, 15) is 9.59 Å². The molecule has 4 heteroatoms. The molecule has 3 aromatic rings. The highest BCUT2D eigenvalue weighted by Gasteiger charge is 2.19. The molecule has 0 fully saturated rings. The van der Waals surface area contributed by atoms with Gasteiger partial charge in [0.1, 0.15) is 0 Å². The lowest BCUT2D eigenvalue weighted by atomic mass is 9.93. The smallest absolute Gasteiger partial charge is 0.224 e. The molecule has 3 aromatic carbocycles. The van der Waals surface area contributed by atoms with Crippen LogP contribution in [0.3, 0.4) is 0 Å². The normalized spacial score (nSPS) is 13.7. The SMILES string of the molecule is CC(=O)c1ccccc1-c1ccc2c(c1)CN(C(C)=O)c1ccc(Cl)cc1/C=C\2. The van der Waals surface area contributed by atoms with Gasteiger partial charge in [0.05, 0.1) is 12.2 Å². The first-order valence-corrected chi connectivity index (χ1v) is 9.81. The van der Waals surface area contributed by atoms with E-state index in [0.717, 1.165) is 33.5 Å². The predicted octanol–water partition coefficient (Wildman–Crippen LogP) is 6.25. The van der Waals surface area contributed by atoms with Crippen LogP contribution in [0, 0.1) is 0 Å². The number of anilines is 1. The minimum Gasteiger partial charge on any atom is -0.308 e. The first-order chi connectivity index (χ1) is 13.9. The second kappa shape index (κ2) is 7.69. The van der Waals surface area contributed by atoms with Gasteiger partial charge in [0, 0.05) is 17.5 Å². The molecule has 4 rings (SSSR count). The van der Waals surface area contributed by atoms with Gasteiger partial charge < -0.3 is 4.90 Å². The van der Waals surface area contributed by atoms with Crippen molar-refractivity contribution < 1.29 is 9.59 Å². The molecule has 3 nitrogen and oxygen atoms in total. The van der Waals surface area contributed by atoms with E-state index in [0.29, 0.717) is 17.1 Å². The van der Waals surface area contributed by atoms with Crippen LogP contribution in [-0.2, 0) is 11.3 Å². The molecule has 0 unspecified atom stereocenters. The molecule has 144 valence electrons. The highest BCUT2D eigenvalue weighted by atomic mass is 35.5. The van der Waals surface area contributed by atoms with Gasteiger partial charge in [-0.25, -0.2) is 0 Å². The fraction of sp³-hybridized carbons (Fsp3) is 0.120. The number of hydrogen-bond donors (Lipinski definition) is 0. The zero-order valence-electron chi connectivity index (χ0n) is 16.3. The number of halogens is 1. The van der Waals surface area contributed by atoms with Crippen molar-refractivity contribution in [2.45, 2.75) is 20.4 Å². The number of amides is 1. The molecule has 0 atom stereocenters. The zero-order valence-corrected chi connectivity index (χ0v) is 17.0. The van der Waals surface area contributed by atoms with Crippen LogP contribution in [0.4, 0.5) is 5.69 Å². The number of Topliss-reactive ketones (excluding diaryl/α,β-unsaturated/α-hetero) is 1. The summed E-state index contributed by atoms with van der Waals surface area (Å²) < 4.78 is 0. The molecular weight excluding hydrogens is 382 g/mol. The summed E-state index contributed by atoms with van der Waals surface area (Å²) >= 11 is 6.16. The van der Waals surface area contributed by atoms with E-state index in [2.05, 4.69) is 6.07 Å². The molecule has 0 spiro atoms. The minimum absolute atomic E-state index is 0.0309. The van der Waals surface area contributed by atoms with Crippen LogP contribution in [0.15, 0.2) is 60.7 Å². The number of hydrogen-bond acceptors (Lipinski definition) is 2. The fourth-order valence-corrected chi connectivity index (χ4v) is 3.92. The van der Waals surface area contributed by atoms with E-state index in [1.807, 2.05) is 60.7 Å². The van der Waals surface area contributed by atoms with Crippen LogP contribution in [0.25, 0.3) is 23.3 Å². The van der Waals surface area contributed by atoms with Gasteiger partial charge in [-0.1, -0.05) is 60.2 Å². The third kappa shape index (κ3) is 3.74. The Bertz CT molecular complexity index is 1160. The average Bonchev–Trinajstić information content (AvgIpc) is 2.69. The Labute approximate surface area is 175 Å². The number of nitrogens with zero attached hydrogens (tertiary/aromatic N) is 1. The van der Waals surface area contributed by atoms with E-state index in [4.69, 9.17) is 11.6 Å². The van der Waals surface area contributed by atoms with E-state index in [-0.39, 0.29) is 11.7 Å². The second-order valence-corrected chi connectivity index (χ2v) is 7.59. The van der Waals surface area contributed by atoms with Gasteiger partial charge in [-0.15, -0.1) is 0 Å². The molecular formula is C25H20ClNO2. The standard InChI is InChI=1S/C25H20ClNO2/c1-16(28)23-5-3-4-6-24(23)19-9-7-18-8-10-20-14-22(26)11-12-25(20)27(17(2)29)15-21(18)13-19/h3-14H,15H2,1-2H3/b10-8-. The lowest BCUT2D eigenvalue weighted by Gasteiger charge is -2.26. The molecule has 1 amide bonds. The van der Waals surface area contributed by atoms with Crippen molar-refractivity contribution in [2.24, 2.45) is 0 Å². The number of rotatable bonds is 2. The fourth-order valence-electron chi connectivity index (χ4n) is 3.74. The Morgan fingerprint density at radius 3 is 2.41 bits per heavy atom. The summed E-state index contributed by atoms with van der Waals surface area (Å²) in [6.07, 6.45) is 4.03. The van der Waals surface area contributed by atoms with Crippen LogP contribution < -0.4 is 4.90 Å². The largest absolute Gasteiger partial charge is 0.308 e. The summed E-state index contributed by atoms with van der Waals surface area (Å²) in [5, 5.41) is 0.633. The van der Waals surface area contributed by atoms with Gasteiger partial charge in [-0.2, -0.15) is 0 Å². The summed E-state index contributed by atoms with van der Waals surface area (Å²) in [5.41, 5.74) is 6.34. The van der Waals surface area contributed by atoms with E-state index < -0.39 is 0 Å². The molecule has 0 saturated carbocycles. The van der Waals surface area contributed by atoms with Crippen molar-refractivity contribution >= 4 is 41.1 Å². The lowest BCUT2D eigenvalue weighted by molar-refractivity contribution is -0.116. The van der Waals surface area contributed by atoms with Crippen LogP contribution in [0.2, 0.25) is 5.02 Å².